The summed E-state index contributed by atoms with van der Waals surface area (Å²) >= 11 is 2.01. The Morgan fingerprint density at radius 2 is 1.50 bits per heavy atom. The second kappa shape index (κ2) is 9.41. The summed E-state index contributed by atoms with van der Waals surface area (Å²) in [5.74, 6) is -0.918. The van der Waals surface area contributed by atoms with Crippen molar-refractivity contribution in [2.24, 2.45) is 0 Å². The van der Waals surface area contributed by atoms with E-state index in [2.05, 4.69) is 5.32 Å². The summed E-state index contributed by atoms with van der Waals surface area (Å²) in [7, 11) is -5.53. The standard InChI is InChI=1S/C22H15F3INO4S/c23-22(24,25)32(30,31)15-7-5-6-14(12-15)13-20(28)17-9-2-4-11-19(17)27-21(29)16-8-1-3-10-18(16)26/h1-12H,13H2,(H,27,29). The van der Waals surface area contributed by atoms with Gasteiger partial charge in [-0.2, -0.15) is 13.2 Å². The largest absolute Gasteiger partial charge is 0.501 e. The van der Waals surface area contributed by atoms with Gasteiger partial charge in [-0.3, -0.25) is 9.59 Å². The minimum absolute atomic E-state index is 0.0964. The molecule has 5 nitrogen and oxygen atoms in total. The smallest absolute Gasteiger partial charge is 0.321 e. The van der Waals surface area contributed by atoms with Crippen molar-refractivity contribution in [1.82, 2.24) is 0 Å². The molecule has 0 saturated carbocycles. The number of hydrogen-bond acceptors (Lipinski definition) is 4. The highest BCUT2D eigenvalue weighted by Crippen LogP contribution is 2.31. The first-order valence-corrected chi connectivity index (χ1v) is 11.7. The molecule has 0 aliphatic rings. The minimum Gasteiger partial charge on any atom is -0.321 e. The lowest BCUT2D eigenvalue weighted by atomic mass is 10.0. The molecule has 10 heteroatoms. The minimum atomic E-state index is -5.53. The average Bonchev–Trinajstić information content (AvgIpc) is 2.73. The van der Waals surface area contributed by atoms with E-state index in [4.69, 9.17) is 0 Å². The quantitative estimate of drug-likeness (QED) is 0.322. The van der Waals surface area contributed by atoms with Crippen LogP contribution in [0.2, 0.25) is 0 Å². The number of carbonyl (C=O) groups excluding carboxylic acids is 2. The van der Waals surface area contributed by atoms with Crippen LogP contribution in [0.1, 0.15) is 26.3 Å². The second-order valence-corrected chi connectivity index (χ2v) is 9.78. The Morgan fingerprint density at radius 1 is 0.875 bits per heavy atom. The number of anilines is 1. The molecule has 166 valence electrons. The fourth-order valence-electron chi connectivity index (χ4n) is 2.91. The van der Waals surface area contributed by atoms with Gasteiger partial charge >= 0.3 is 5.51 Å². The summed E-state index contributed by atoms with van der Waals surface area (Å²) in [4.78, 5) is 24.5. The van der Waals surface area contributed by atoms with Gasteiger partial charge < -0.3 is 5.32 Å². The molecule has 1 amide bonds. The number of halogens is 4. The van der Waals surface area contributed by atoms with Gasteiger partial charge in [-0.25, -0.2) is 8.42 Å². The molecule has 0 aliphatic heterocycles. The molecule has 0 unspecified atom stereocenters. The fourth-order valence-corrected chi connectivity index (χ4v) is 4.37. The Hall–Kier alpha value is -2.73. The summed E-state index contributed by atoms with van der Waals surface area (Å²) < 4.78 is 62.5. The van der Waals surface area contributed by atoms with E-state index in [9.17, 15) is 31.2 Å². The van der Waals surface area contributed by atoms with Gasteiger partial charge in [0.15, 0.2) is 5.78 Å². The molecule has 0 bridgehead atoms. The highest BCUT2D eigenvalue weighted by Gasteiger charge is 2.46. The van der Waals surface area contributed by atoms with E-state index in [1.165, 1.54) is 18.2 Å². The Morgan fingerprint density at radius 3 is 2.16 bits per heavy atom. The molecule has 0 atom stereocenters. The number of alkyl halides is 3. The Balaban J connectivity index is 1.85. The molecular formula is C22H15F3INO4S. The van der Waals surface area contributed by atoms with Crippen LogP contribution < -0.4 is 5.32 Å². The summed E-state index contributed by atoms with van der Waals surface area (Å²) in [6.45, 7) is 0. The normalized spacial score (nSPS) is 11.8. The van der Waals surface area contributed by atoms with E-state index in [0.717, 1.165) is 18.2 Å². The maximum Gasteiger partial charge on any atom is 0.501 e. The zero-order valence-corrected chi connectivity index (χ0v) is 19.2. The van der Waals surface area contributed by atoms with E-state index >= 15 is 0 Å². The molecule has 0 aliphatic carbocycles. The van der Waals surface area contributed by atoms with Crippen LogP contribution in [-0.2, 0) is 16.3 Å². The first-order valence-electron chi connectivity index (χ1n) is 9.09. The van der Waals surface area contributed by atoms with E-state index in [1.54, 1.807) is 36.4 Å². The van der Waals surface area contributed by atoms with Gasteiger partial charge in [0.05, 0.1) is 16.1 Å². The van der Waals surface area contributed by atoms with Gasteiger partial charge in [0, 0.05) is 15.6 Å². The van der Waals surface area contributed by atoms with Crippen molar-refractivity contribution in [3.63, 3.8) is 0 Å². The highest BCUT2D eigenvalue weighted by molar-refractivity contribution is 14.1. The maximum absolute atomic E-state index is 12.9. The van der Waals surface area contributed by atoms with Crippen LogP contribution in [0.5, 0.6) is 0 Å². The number of ketones is 1. The predicted molar refractivity (Wildman–Crippen MR) is 121 cm³/mol. The number of benzene rings is 3. The van der Waals surface area contributed by atoms with E-state index < -0.39 is 31.9 Å². The first-order chi connectivity index (χ1) is 15.0. The summed E-state index contributed by atoms with van der Waals surface area (Å²) in [6, 6.07) is 17.3. The third kappa shape index (κ3) is 5.18. The molecular weight excluding hydrogens is 558 g/mol. The lowest BCUT2D eigenvalue weighted by molar-refractivity contribution is -0.0436. The lowest BCUT2D eigenvalue weighted by Gasteiger charge is -2.12. The number of para-hydroxylation sites is 1. The summed E-state index contributed by atoms with van der Waals surface area (Å²) in [6.07, 6.45) is -0.350. The number of hydrogen-bond donors (Lipinski definition) is 1. The fraction of sp³-hybridized carbons (Fsp3) is 0.0909. The Labute approximate surface area is 195 Å². The molecule has 32 heavy (non-hydrogen) atoms. The first kappa shape index (κ1) is 23.9. The van der Waals surface area contributed by atoms with Gasteiger partial charge in [-0.1, -0.05) is 36.4 Å². The number of Topliss-reactive ketones (excluding diaryl/α,β-unsaturated/α-hetero) is 1. The van der Waals surface area contributed by atoms with Crippen LogP contribution in [0.4, 0.5) is 18.9 Å². The van der Waals surface area contributed by atoms with Crippen molar-refractivity contribution in [3.8, 4) is 0 Å². The predicted octanol–water partition coefficient (Wildman–Crippen LogP) is 5.26. The number of nitrogens with one attached hydrogen (secondary N) is 1. The molecule has 3 rings (SSSR count). The topological polar surface area (TPSA) is 80.3 Å². The van der Waals surface area contributed by atoms with Gasteiger partial charge in [-0.15, -0.1) is 0 Å². The third-order valence-corrected chi connectivity index (χ3v) is 6.90. The SMILES string of the molecule is O=C(Nc1ccccc1C(=O)Cc1cccc(S(=O)(=O)C(F)(F)F)c1)c1ccccc1I. The van der Waals surface area contributed by atoms with Crippen molar-refractivity contribution < 1.29 is 31.2 Å². The lowest BCUT2D eigenvalue weighted by Crippen LogP contribution is -2.23. The zero-order valence-electron chi connectivity index (χ0n) is 16.2. The third-order valence-electron chi connectivity index (χ3n) is 4.47. The zero-order chi connectivity index (χ0) is 23.5. The van der Waals surface area contributed by atoms with Crippen molar-refractivity contribution in [2.45, 2.75) is 16.8 Å². The molecule has 0 spiro atoms. The molecule has 0 aromatic heterocycles. The Bertz CT molecular complexity index is 1290. The van der Waals surface area contributed by atoms with E-state index in [-0.39, 0.29) is 23.2 Å². The highest BCUT2D eigenvalue weighted by atomic mass is 127. The molecule has 3 aromatic carbocycles. The van der Waals surface area contributed by atoms with Crippen LogP contribution >= 0.6 is 22.6 Å². The Kier molecular flexibility index (Phi) is 7.03. The van der Waals surface area contributed by atoms with Crippen molar-refractivity contribution in [3.05, 3.63) is 93.1 Å². The van der Waals surface area contributed by atoms with Crippen LogP contribution in [0.3, 0.4) is 0 Å². The molecule has 0 radical (unpaired) electrons. The van der Waals surface area contributed by atoms with E-state index in [0.29, 0.717) is 9.13 Å². The summed E-state index contributed by atoms with van der Waals surface area (Å²) in [5, 5.41) is 2.68. The molecule has 0 fully saturated rings. The van der Waals surface area contributed by atoms with Crippen molar-refractivity contribution >= 4 is 49.8 Å². The molecule has 0 saturated heterocycles. The second-order valence-electron chi connectivity index (χ2n) is 6.68. The van der Waals surface area contributed by atoms with Crippen LogP contribution in [0.15, 0.2) is 77.7 Å². The molecule has 1 N–H and O–H groups in total. The van der Waals surface area contributed by atoms with Crippen molar-refractivity contribution in [1.29, 1.82) is 0 Å². The van der Waals surface area contributed by atoms with Crippen molar-refractivity contribution in [2.75, 3.05) is 5.32 Å². The van der Waals surface area contributed by atoms with Crippen LogP contribution in [0.25, 0.3) is 0 Å². The van der Waals surface area contributed by atoms with Gasteiger partial charge in [0.25, 0.3) is 15.7 Å². The van der Waals surface area contributed by atoms with Gasteiger partial charge in [-0.05, 0) is 64.6 Å². The number of sulfone groups is 1. The number of amides is 1. The number of carbonyl (C=O) groups is 2. The maximum atomic E-state index is 12.9. The molecule has 0 heterocycles. The van der Waals surface area contributed by atoms with Crippen LogP contribution in [-0.4, -0.2) is 25.6 Å². The monoisotopic (exact) mass is 573 g/mol. The van der Waals surface area contributed by atoms with E-state index in [1.807, 2.05) is 22.6 Å². The van der Waals surface area contributed by atoms with Crippen LogP contribution in [0, 0.1) is 3.57 Å². The molecule has 3 aromatic rings. The van der Waals surface area contributed by atoms with Gasteiger partial charge in [0.2, 0.25) is 0 Å². The number of rotatable bonds is 6. The van der Waals surface area contributed by atoms with Gasteiger partial charge in [0.1, 0.15) is 0 Å². The average molecular weight is 573 g/mol. The summed E-state index contributed by atoms with van der Waals surface area (Å²) in [5.41, 5.74) is -4.54.